The van der Waals surface area contributed by atoms with Gasteiger partial charge in [0.15, 0.2) is 0 Å². The van der Waals surface area contributed by atoms with Crippen molar-refractivity contribution in [2.24, 2.45) is 0 Å². The van der Waals surface area contributed by atoms with Gasteiger partial charge in [-0.05, 0) is 24.3 Å². The highest BCUT2D eigenvalue weighted by molar-refractivity contribution is 5.92. The van der Waals surface area contributed by atoms with E-state index in [1.807, 2.05) is 24.3 Å². The van der Waals surface area contributed by atoms with Gasteiger partial charge in [0.05, 0.1) is 0 Å². The first-order valence-electron chi connectivity index (χ1n) is 6.21. The van der Waals surface area contributed by atoms with Crippen LogP contribution < -0.4 is 4.90 Å². The van der Waals surface area contributed by atoms with Crippen LogP contribution in [0.25, 0.3) is 10.9 Å². The highest BCUT2D eigenvalue weighted by Gasteiger charge is 2.15. The van der Waals surface area contributed by atoms with Crippen molar-refractivity contribution in [1.29, 1.82) is 5.26 Å². The van der Waals surface area contributed by atoms with E-state index in [1.54, 1.807) is 24.1 Å². The lowest BCUT2D eigenvalue weighted by molar-refractivity contribution is 0.628. The molecule has 0 radical (unpaired) electrons. The predicted octanol–water partition coefficient (Wildman–Crippen LogP) is 3.95. The van der Waals surface area contributed by atoms with Gasteiger partial charge in [-0.25, -0.2) is 4.39 Å². The van der Waals surface area contributed by atoms with Gasteiger partial charge in [-0.2, -0.15) is 5.26 Å². The molecule has 3 aromatic rings. The fraction of sp³-hybridized carbons (Fsp3) is 0.0625. The number of hydrogen-bond donors (Lipinski definition) is 1. The molecule has 0 saturated heterocycles. The summed E-state index contributed by atoms with van der Waals surface area (Å²) in [5.41, 5.74) is 2.14. The number of para-hydroxylation sites is 1. The molecule has 98 valence electrons. The third kappa shape index (κ3) is 1.90. The van der Waals surface area contributed by atoms with E-state index < -0.39 is 0 Å². The zero-order chi connectivity index (χ0) is 14.1. The van der Waals surface area contributed by atoms with Gasteiger partial charge in [-0.1, -0.05) is 24.3 Å². The van der Waals surface area contributed by atoms with E-state index in [4.69, 9.17) is 0 Å². The summed E-state index contributed by atoms with van der Waals surface area (Å²) in [6, 6.07) is 16.1. The zero-order valence-electron chi connectivity index (χ0n) is 10.9. The Labute approximate surface area is 115 Å². The average molecular weight is 265 g/mol. The summed E-state index contributed by atoms with van der Waals surface area (Å²) in [6.45, 7) is 0. The molecule has 0 aliphatic carbocycles. The van der Waals surface area contributed by atoms with Crippen LogP contribution >= 0.6 is 0 Å². The van der Waals surface area contributed by atoms with E-state index >= 15 is 0 Å². The number of fused-ring (bicyclic) bond motifs is 1. The van der Waals surface area contributed by atoms with Crippen LogP contribution in [0.4, 0.5) is 15.9 Å². The lowest BCUT2D eigenvalue weighted by Crippen LogP contribution is -2.11. The Morgan fingerprint density at radius 2 is 1.95 bits per heavy atom. The van der Waals surface area contributed by atoms with Crippen LogP contribution in [0.15, 0.2) is 48.5 Å². The lowest BCUT2D eigenvalue weighted by Gasteiger charge is -2.18. The van der Waals surface area contributed by atoms with E-state index in [-0.39, 0.29) is 5.82 Å². The van der Waals surface area contributed by atoms with Gasteiger partial charge in [-0.15, -0.1) is 0 Å². The summed E-state index contributed by atoms with van der Waals surface area (Å²) >= 11 is 0. The summed E-state index contributed by atoms with van der Waals surface area (Å²) < 4.78 is 13.3. The maximum atomic E-state index is 13.3. The third-order valence-electron chi connectivity index (χ3n) is 3.33. The van der Waals surface area contributed by atoms with Crippen molar-refractivity contribution < 1.29 is 4.39 Å². The highest BCUT2D eigenvalue weighted by atomic mass is 19.1. The fourth-order valence-electron chi connectivity index (χ4n) is 2.31. The summed E-state index contributed by atoms with van der Waals surface area (Å²) in [6.07, 6.45) is 0. The summed E-state index contributed by atoms with van der Waals surface area (Å²) in [5, 5.41) is 10.3. The first kappa shape index (κ1) is 12.2. The number of rotatable bonds is 2. The first-order chi connectivity index (χ1) is 9.70. The first-order valence-corrected chi connectivity index (χ1v) is 6.21. The number of aromatic amines is 1. The van der Waals surface area contributed by atoms with Crippen LogP contribution in [0.2, 0.25) is 0 Å². The molecule has 1 aromatic heterocycles. The maximum absolute atomic E-state index is 13.3. The van der Waals surface area contributed by atoms with Gasteiger partial charge in [0.2, 0.25) is 0 Å². The largest absolute Gasteiger partial charge is 0.340 e. The number of nitrogens with one attached hydrogen (secondary N) is 1. The summed E-state index contributed by atoms with van der Waals surface area (Å²) in [4.78, 5) is 4.99. The van der Waals surface area contributed by atoms with Crippen molar-refractivity contribution in [3.8, 4) is 6.07 Å². The summed E-state index contributed by atoms with van der Waals surface area (Å²) in [7, 11) is 1.81. The fourth-order valence-corrected chi connectivity index (χ4v) is 2.31. The van der Waals surface area contributed by atoms with Gasteiger partial charge in [0, 0.05) is 23.6 Å². The van der Waals surface area contributed by atoms with Crippen molar-refractivity contribution in [3.05, 3.63) is 59.9 Å². The van der Waals surface area contributed by atoms with Gasteiger partial charge in [-0.3, -0.25) is 0 Å². The van der Waals surface area contributed by atoms with Crippen molar-refractivity contribution in [2.45, 2.75) is 0 Å². The standard InChI is InChI=1S/C16H12FN3/c1-20(12-6-4-5-11(17)9-12)16-14(10-18)13-7-2-3-8-15(13)19-16/h2-9,19H,1H3. The van der Waals surface area contributed by atoms with Crippen LogP contribution in [0.1, 0.15) is 5.56 Å². The van der Waals surface area contributed by atoms with Crippen molar-refractivity contribution in [1.82, 2.24) is 4.98 Å². The third-order valence-corrected chi connectivity index (χ3v) is 3.33. The van der Waals surface area contributed by atoms with Gasteiger partial charge in [0.1, 0.15) is 23.3 Å². The molecule has 1 heterocycles. The minimum Gasteiger partial charge on any atom is -0.340 e. The molecule has 4 heteroatoms. The van der Waals surface area contributed by atoms with Gasteiger partial charge >= 0.3 is 0 Å². The molecule has 20 heavy (non-hydrogen) atoms. The molecule has 0 saturated carbocycles. The molecule has 1 N–H and O–H groups in total. The minimum absolute atomic E-state index is 0.302. The van der Waals surface area contributed by atoms with Crippen molar-refractivity contribution in [2.75, 3.05) is 11.9 Å². The number of halogens is 1. The SMILES string of the molecule is CN(c1cccc(F)c1)c1[nH]c2ccccc2c1C#N. The molecule has 0 unspecified atom stereocenters. The number of nitrogens with zero attached hydrogens (tertiary/aromatic N) is 2. The Morgan fingerprint density at radius 3 is 2.70 bits per heavy atom. The number of aromatic nitrogens is 1. The molecule has 3 nitrogen and oxygen atoms in total. The second kappa shape index (κ2) is 4.71. The lowest BCUT2D eigenvalue weighted by atomic mass is 10.2. The minimum atomic E-state index is -0.302. The smallest absolute Gasteiger partial charge is 0.129 e. The monoisotopic (exact) mass is 265 g/mol. The number of benzene rings is 2. The maximum Gasteiger partial charge on any atom is 0.129 e. The normalized spacial score (nSPS) is 10.4. The van der Waals surface area contributed by atoms with Crippen LogP contribution in [0, 0.1) is 17.1 Å². The second-order valence-corrected chi connectivity index (χ2v) is 4.54. The second-order valence-electron chi connectivity index (χ2n) is 4.54. The molecular formula is C16H12FN3. The molecule has 0 aliphatic rings. The van der Waals surface area contributed by atoms with E-state index in [2.05, 4.69) is 11.1 Å². The Bertz CT molecular complexity index is 814. The Morgan fingerprint density at radius 1 is 1.15 bits per heavy atom. The molecular weight excluding hydrogens is 253 g/mol. The van der Waals surface area contributed by atoms with Crippen molar-refractivity contribution >= 4 is 22.4 Å². The Kier molecular flexibility index (Phi) is 2.88. The van der Waals surface area contributed by atoms with Crippen LogP contribution in [-0.4, -0.2) is 12.0 Å². The predicted molar refractivity (Wildman–Crippen MR) is 77.5 cm³/mol. The van der Waals surface area contributed by atoms with E-state index in [9.17, 15) is 9.65 Å². The highest BCUT2D eigenvalue weighted by Crippen LogP contribution is 2.31. The zero-order valence-corrected chi connectivity index (χ0v) is 10.9. The van der Waals surface area contributed by atoms with Crippen LogP contribution in [0.3, 0.4) is 0 Å². The Hall–Kier alpha value is -2.80. The van der Waals surface area contributed by atoms with Gasteiger partial charge < -0.3 is 9.88 Å². The summed E-state index contributed by atoms with van der Waals surface area (Å²) in [5.74, 6) is 0.364. The van der Waals surface area contributed by atoms with Crippen LogP contribution in [-0.2, 0) is 0 Å². The van der Waals surface area contributed by atoms with Crippen LogP contribution in [0.5, 0.6) is 0 Å². The molecule has 0 spiro atoms. The molecule has 0 aliphatic heterocycles. The van der Waals surface area contributed by atoms with E-state index in [0.717, 1.165) is 10.9 Å². The Balaban J connectivity index is 2.17. The van der Waals surface area contributed by atoms with E-state index in [1.165, 1.54) is 12.1 Å². The molecule has 0 fully saturated rings. The molecule has 0 atom stereocenters. The molecule has 3 rings (SSSR count). The number of H-pyrrole nitrogens is 1. The average Bonchev–Trinajstić information content (AvgIpc) is 2.85. The number of hydrogen-bond acceptors (Lipinski definition) is 2. The quantitative estimate of drug-likeness (QED) is 0.762. The molecule has 0 bridgehead atoms. The van der Waals surface area contributed by atoms with Crippen molar-refractivity contribution in [3.63, 3.8) is 0 Å². The van der Waals surface area contributed by atoms with E-state index in [0.29, 0.717) is 17.1 Å². The number of anilines is 2. The molecule has 0 amide bonds. The number of nitriles is 1. The topological polar surface area (TPSA) is 42.8 Å². The van der Waals surface area contributed by atoms with Gasteiger partial charge in [0.25, 0.3) is 0 Å². The molecule has 2 aromatic carbocycles.